The van der Waals surface area contributed by atoms with E-state index in [0.29, 0.717) is 46.0 Å². The van der Waals surface area contributed by atoms with Gasteiger partial charge in [0.2, 0.25) is 0 Å². The number of carboxylic acid groups (broad SMARTS) is 4. The summed E-state index contributed by atoms with van der Waals surface area (Å²) >= 11 is 0. The van der Waals surface area contributed by atoms with E-state index < -0.39 is 23.9 Å². The number of carboxylic acids is 4. The summed E-state index contributed by atoms with van der Waals surface area (Å²) in [6.45, 7) is 0. The van der Waals surface area contributed by atoms with Gasteiger partial charge in [0.25, 0.3) is 0 Å². The molecule has 16 fully saturated rings. The molecule has 4 N–H and O–H groups in total. The molecule has 0 heterocycles. The first kappa shape index (κ1) is 44.6. The van der Waals surface area contributed by atoms with Crippen molar-refractivity contribution in [2.45, 2.75) is 165 Å². The lowest BCUT2D eigenvalue weighted by atomic mass is 9.32. The number of carbonyl (C=O) groups is 4. The third-order valence-electron chi connectivity index (χ3n) is 24.0. The Labute approximate surface area is 422 Å². The quantitative estimate of drug-likeness (QED) is 0.137. The molecule has 3 aromatic rings. The second-order valence-corrected chi connectivity index (χ2v) is 28.1. The van der Waals surface area contributed by atoms with Crippen LogP contribution in [0.15, 0.2) is 48.5 Å². The second-order valence-electron chi connectivity index (χ2n) is 28.1. The van der Waals surface area contributed by atoms with E-state index in [9.17, 15) is 39.6 Å². The van der Waals surface area contributed by atoms with Crippen LogP contribution in [0, 0.1) is 80.8 Å². The molecular weight excluding hydrogens is 905 g/mol. The highest BCUT2D eigenvalue weighted by Gasteiger charge is 2.70. The zero-order valence-electron chi connectivity index (χ0n) is 41.6. The molecular formula is C62H70O10. The van der Waals surface area contributed by atoms with Gasteiger partial charge in [-0.15, -0.1) is 0 Å². The van der Waals surface area contributed by atoms with E-state index in [1.165, 1.54) is 151 Å². The maximum absolute atomic E-state index is 12.7. The van der Waals surface area contributed by atoms with Crippen molar-refractivity contribution < 1.29 is 49.1 Å². The first-order valence-electron chi connectivity index (χ1n) is 28.3. The van der Waals surface area contributed by atoms with Crippen molar-refractivity contribution in [2.24, 2.45) is 80.8 Å². The first-order chi connectivity index (χ1) is 34.5. The van der Waals surface area contributed by atoms with Gasteiger partial charge >= 0.3 is 23.9 Å². The summed E-state index contributed by atoms with van der Waals surface area (Å²) in [7, 11) is 0. The Hall–Kier alpha value is -4.86. The van der Waals surface area contributed by atoms with Crippen molar-refractivity contribution in [1.29, 1.82) is 0 Å². The normalized spacial score (nSPS) is 43.8. The summed E-state index contributed by atoms with van der Waals surface area (Å²) in [5.41, 5.74) is 1.97. The minimum absolute atomic E-state index is 0.188. The number of hydrogen-bond donors (Lipinski definition) is 4. The number of aromatic carboxylic acids is 4. The fraction of sp³-hybridized carbons (Fsp3) is 0.645. The Balaban J connectivity index is 0.931. The third-order valence-corrected chi connectivity index (χ3v) is 24.0. The Morgan fingerprint density at radius 2 is 0.639 bits per heavy atom. The van der Waals surface area contributed by atoms with E-state index in [-0.39, 0.29) is 55.4 Å². The lowest BCUT2D eigenvalue weighted by molar-refractivity contribution is -0.206. The second kappa shape index (κ2) is 14.9. The van der Waals surface area contributed by atoms with E-state index in [2.05, 4.69) is 6.07 Å². The molecule has 16 aliphatic carbocycles. The van der Waals surface area contributed by atoms with Crippen LogP contribution in [0.2, 0.25) is 0 Å². The fourth-order valence-electron chi connectivity index (χ4n) is 23.6. The summed E-state index contributed by atoms with van der Waals surface area (Å²) in [6, 6.07) is 13.1. The lowest BCUT2D eigenvalue weighted by Gasteiger charge is -2.73. The molecule has 0 radical (unpaired) electrons. The smallest absolute Gasteiger partial charge is 0.336 e. The molecule has 0 amide bonds. The molecule has 0 saturated heterocycles. The van der Waals surface area contributed by atoms with Crippen LogP contribution in [0.4, 0.5) is 0 Å². The maximum atomic E-state index is 12.7. The molecule has 19 rings (SSSR count). The van der Waals surface area contributed by atoms with Crippen LogP contribution in [0.25, 0.3) is 0 Å². The molecule has 0 aromatic heterocycles. The highest BCUT2D eigenvalue weighted by atomic mass is 16.5. The molecule has 4 atom stereocenters. The Kier molecular flexibility index (Phi) is 9.25. The third kappa shape index (κ3) is 6.37. The Morgan fingerprint density at radius 1 is 0.347 bits per heavy atom. The van der Waals surface area contributed by atoms with Gasteiger partial charge in [0.05, 0.1) is 22.3 Å². The summed E-state index contributed by atoms with van der Waals surface area (Å²) in [5, 5.41) is 40.8. The van der Waals surface area contributed by atoms with Gasteiger partial charge in [0.1, 0.15) is 23.0 Å². The van der Waals surface area contributed by atoms with Gasteiger partial charge in [-0.2, -0.15) is 0 Å². The summed E-state index contributed by atoms with van der Waals surface area (Å²) in [4.78, 5) is 50.0. The van der Waals surface area contributed by atoms with Gasteiger partial charge in [0.15, 0.2) is 0 Å². The van der Waals surface area contributed by atoms with Gasteiger partial charge in [-0.25, -0.2) is 19.2 Å². The average molecular weight is 975 g/mol. The van der Waals surface area contributed by atoms with Gasteiger partial charge in [-0.1, -0.05) is 0 Å². The SMILES string of the molecule is O=C(O)c1ccc(Oc2cc(Oc3ccc(C(=O)O)c(C(=O)O)c3)c(C34CC5CC(C3)CC(C36CC7CC(CC(C7)C3)C6)(C5)C4)cc2C23CC4CC(C2)CC(C25CC6CC(CC(C6)C2)C5)(C4)C3)cc1C(=O)O. The van der Waals surface area contributed by atoms with Crippen LogP contribution in [-0.4, -0.2) is 44.3 Å². The maximum Gasteiger partial charge on any atom is 0.336 e. The molecule has 72 heavy (non-hydrogen) atoms. The van der Waals surface area contributed by atoms with E-state index in [0.717, 1.165) is 74.0 Å². The molecule has 0 spiro atoms. The van der Waals surface area contributed by atoms with Crippen LogP contribution in [0.3, 0.4) is 0 Å². The van der Waals surface area contributed by atoms with Crippen LogP contribution in [0.1, 0.15) is 207 Å². The monoisotopic (exact) mass is 974 g/mol. The topological polar surface area (TPSA) is 168 Å². The van der Waals surface area contributed by atoms with Crippen molar-refractivity contribution in [3.05, 3.63) is 81.9 Å². The number of hydrogen-bond acceptors (Lipinski definition) is 6. The highest BCUT2D eigenvalue weighted by Crippen LogP contribution is 2.80. The highest BCUT2D eigenvalue weighted by molar-refractivity contribution is 6.02. The van der Waals surface area contributed by atoms with Crippen LogP contribution in [-0.2, 0) is 10.8 Å². The summed E-state index contributed by atoms with van der Waals surface area (Å²) in [5.74, 6) is 3.90. The van der Waals surface area contributed by atoms with Crippen molar-refractivity contribution in [3.63, 3.8) is 0 Å². The number of rotatable bonds is 12. The molecule has 16 aliphatic rings. The largest absolute Gasteiger partial charge is 0.478 e. The lowest BCUT2D eigenvalue weighted by Crippen LogP contribution is -2.64. The predicted octanol–water partition coefficient (Wildman–Crippen LogP) is 14.2. The van der Waals surface area contributed by atoms with Gasteiger partial charge < -0.3 is 29.9 Å². The zero-order valence-corrected chi connectivity index (χ0v) is 41.6. The van der Waals surface area contributed by atoms with Crippen LogP contribution >= 0.6 is 0 Å². The predicted molar refractivity (Wildman–Crippen MR) is 266 cm³/mol. The van der Waals surface area contributed by atoms with E-state index >= 15 is 0 Å². The Bertz CT molecular complexity index is 2600. The molecule has 4 unspecified atom stereocenters. The molecule has 10 nitrogen and oxygen atoms in total. The first-order valence-corrected chi connectivity index (χ1v) is 28.3. The molecule has 378 valence electrons. The van der Waals surface area contributed by atoms with Crippen molar-refractivity contribution in [1.82, 2.24) is 0 Å². The minimum atomic E-state index is -1.34. The van der Waals surface area contributed by atoms with Crippen molar-refractivity contribution in [2.75, 3.05) is 0 Å². The average Bonchev–Trinajstić information content (AvgIpc) is 3.29. The number of benzene rings is 3. The molecule has 16 saturated carbocycles. The van der Waals surface area contributed by atoms with Crippen LogP contribution in [0.5, 0.6) is 23.0 Å². The summed E-state index contributed by atoms with van der Waals surface area (Å²) < 4.78 is 14.3. The molecule has 3 aromatic carbocycles. The van der Waals surface area contributed by atoms with E-state index in [1.54, 1.807) is 12.1 Å². The van der Waals surface area contributed by atoms with Crippen LogP contribution < -0.4 is 9.47 Å². The van der Waals surface area contributed by atoms with E-state index in [1.807, 2.05) is 6.07 Å². The molecule has 16 bridgehead atoms. The standard InChI is InChI=1S/C62H70O10/c63-53(64)45-3-1-43(13-47(45)55(67)68)71-51-16-52(72-44-2-4-46(54(65)66)48(14-44)56(69)70)50(58-19-41-12-42(20-58)30-62(29-41,32-58)60-24-36-8-37(25-60)10-38(9-36)26-60)15-49(51)57-17-39-11-40(18-57)28-61(27-39,31-57)59-21-33-5-34(22-59)7-35(6-33)23-59/h1-4,13-16,33-42H,5-12,17-32H2,(H,63,64)(H,65,66)(H,67,68)(H,69,70). The van der Waals surface area contributed by atoms with Crippen molar-refractivity contribution >= 4 is 23.9 Å². The van der Waals surface area contributed by atoms with Gasteiger partial charge in [-0.3, -0.25) is 0 Å². The van der Waals surface area contributed by atoms with Crippen molar-refractivity contribution in [3.8, 4) is 23.0 Å². The fourth-order valence-corrected chi connectivity index (χ4v) is 23.6. The Morgan fingerprint density at radius 3 is 0.944 bits per heavy atom. The molecule has 0 aliphatic heterocycles. The summed E-state index contributed by atoms with van der Waals surface area (Å²) in [6.07, 6.45) is 31.2. The molecule has 10 heteroatoms. The van der Waals surface area contributed by atoms with Gasteiger partial charge in [0, 0.05) is 28.0 Å². The minimum Gasteiger partial charge on any atom is -0.478 e. The van der Waals surface area contributed by atoms with E-state index in [4.69, 9.17) is 9.47 Å². The number of ether oxygens (including phenoxy) is 2. The van der Waals surface area contributed by atoms with Gasteiger partial charge in [-0.05, 0) is 277 Å². The zero-order chi connectivity index (χ0) is 48.9.